The maximum atomic E-state index is 11.7. The number of hydrogen-bond acceptors (Lipinski definition) is 3. The fourth-order valence-corrected chi connectivity index (χ4v) is 1.98. The lowest BCUT2D eigenvalue weighted by Gasteiger charge is -2.22. The molecule has 1 amide bonds. The van der Waals surface area contributed by atoms with Crippen molar-refractivity contribution >= 4 is 5.91 Å². The molecule has 0 unspecified atom stereocenters. The van der Waals surface area contributed by atoms with Crippen LogP contribution in [0.5, 0.6) is 0 Å². The van der Waals surface area contributed by atoms with E-state index in [1.165, 1.54) is 0 Å². The molecular weight excluding hydrogens is 216 g/mol. The minimum absolute atomic E-state index is 0.0589. The Morgan fingerprint density at radius 2 is 2.53 bits per heavy atom. The van der Waals surface area contributed by atoms with E-state index in [4.69, 9.17) is 4.74 Å². The number of aromatic nitrogens is 1. The maximum Gasteiger partial charge on any atom is 0.224 e. The molecule has 1 aliphatic rings. The Labute approximate surface area is 101 Å². The van der Waals surface area contributed by atoms with E-state index in [0.717, 1.165) is 38.2 Å². The van der Waals surface area contributed by atoms with Gasteiger partial charge in [-0.05, 0) is 30.4 Å². The van der Waals surface area contributed by atoms with Crippen LogP contribution < -0.4 is 5.32 Å². The summed E-state index contributed by atoms with van der Waals surface area (Å²) in [6.07, 6.45) is 6.09. The molecule has 1 saturated heterocycles. The molecule has 0 aliphatic carbocycles. The van der Waals surface area contributed by atoms with Crippen LogP contribution in [-0.2, 0) is 16.0 Å². The van der Waals surface area contributed by atoms with Crippen LogP contribution in [0.2, 0.25) is 0 Å². The van der Waals surface area contributed by atoms with Crippen molar-refractivity contribution in [2.45, 2.75) is 19.3 Å². The Morgan fingerprint density at radius 3 is 3.24 bits per heavy atom. The van der Waals surface area contributed by atoms with Crippen molar-refractivity contribution in [2.24, 2.45) is 5.92 Å². The highest BCUT2D eigenvalue weighted by molar-refractivity contribution is 5.78. The summed E-state index contributed by atoms with van der Waals surface area (Å²) in [5, 5.41) is 2.95. The lowest BCUT2D eigenvalue weighted by Crippen LogP contribution is -2.34. The zero-order valence-electron chi connectivity index (χ0n) is 9.89. The van der Waals surface area contributed by atoms with Crippen molar-refractivity contribution in [1.82, 2.24) is 10.3 Å². The van der Waals surface area contributed by atoms with Crippen molar-refractivity contribution in [2.75, 3.05) is 19.8 Å². The zero-order valence-corrected chi connectivity index (χ0v) is 9.89. The van der Waals surface area contributed by atoms with E-state index >= 15 is 0 Å². The zero-order chi connectivity index (χ0) is 11.9. The Morgan fingerprint density at radius 1 is 1.59 bits per heavy atom. The predicted octanol–water partition coefficient (Wildman–Crippen LogP) is 1.17. The smallest absolute Gasteiger partial charge is 0.224 e. The summed E-state index contributed by atoms with van der Waals surface area (Å²) in [5.41, 5.74) is 0.949. The average Bonchev–Trinajstić information content (AvgIpc) is 2.39. The van der Waals surface area contributed by atoms with Crippen LogP contribution in [0.3, 0.4) is 0 Å². The Bertz CT molecular complexity index is 348. The second-order valence-corrected chi connectivity index (χ2v) is 4.43. The lowest BCUT2D eigenvalue weighted by atomic mass is 10.0. The first kappa shape index (κ1) is 12.0. The van der Waals surface area contributed by atoms with Gasteiger partial charge in [0.05, 0.1) is 13.0 Å². The van der Waals surface area contributed by atoms with Crippen molar-refractivity contribution < 1.29 is 9.53 Å². The molecule has 0 radical (unpaired) electrons. The molecule has 1 aromatic heterocycles. The van der Waals surface area contributed by atoms with Crippen LogP contribution in [0, 0.1) is 5.92 Å². The van der Waals surface area contributed by atoms with E-state index in [-0.39, 0.29) is 5.91 Å². The number of nitrogens with zero attached hydrogens (tertiary/aromatic N) is 1. The Kier molecular flexibility index (Phi) is 4.50. The molecule has 0 saturated carbocycles. The molecule has 4 heteroatoms. The van der Waals surface area contributed by atoms with Crippen molar-refractivity contribution in [3.63, 3.8) is 0 Å². The topological polar surface area (TPSA) is 51.2 Å². The van der Waals surface area contributed by atoms with Gasteiger partial charge in [0.15, 0.2) is 0 Å². The van der Waals surface area contributed by atoms with Gasteiger partial charge >= 0.3 is 0 Å². The van der Waals surface area contributed by atoms with Crippen LogP contribution in [0.25, 0.3) is 0 Å². The predicted molar refractivity (Wildman–Crippen MR) is 64.5 cm³/mol. The highest BCUT2D eigenvalue weighted by Gasteiger charge is 2.14. The number of carbonyl (C=O) groups excluding carboxylic acids is 1. The summed E-state index contributed by atoms with van der Waals surface area (Å²) < 4.78 is 5.37. The second kappa shape index (κ2) is 6.35. The summed E-state index contributed by atoms with van der Waals surface area (Å²) in [6.45, 7) is 2.35. The summed E-state index contributed by atoms with van der Waals surface area (Å²) in [5.74, 6) is 0.533. The lowest BCUT2D eigenvalue weighted by molar-refractivity contribution is -0.120. The van der Waals surface area contributed by atoms with Crippen LogP contribution in [0.4, 0.5) is 0 Å². The van der Waals surface area contributed by atoms with E-state index in [2.05, 4.69) is 10.3 Å². The normalized spacial score (nSPS) is 19.9. The van der Waals surface area contributed by atoms with Gasteiger partial charge in [-0.2, -0.15) is 0 Å². The van der Waals surface area contributed by atoms with E-state index in [1.807, 2.05) is 12.1 Å². The summed E-state index contributed by atoms with van der Waals surface area (Å²) in [7, 11) is 0. The Balaban J connectivity index is 1.70. The molecule has 4 nitrogen and oxygen atoms in total. The fourth-order valence-electron chi connectivity index (χ4n) is 1.98. The maximum absolute atomic E-state index is 11.7. The van der Waals surface area contributed by atoms with Gasteiger partial charge in [0, 0.05) is 25.5 Å². The standard InChI is InChI=1S/C13H18N2O2/c16-13(7-11-3-1-5-14-8-11)15-9-12-4-2-6-17-10-12/h1,3,5,8,12H,2,4,6-7,9-10H2,(H,15,16)/t12-/m1/s1. The number of pyridine rings is 1. The molecule has 0 spiro atoms. The largest absolute Gasteiger partial charge is 0.381 e. The fraction of sp³-hybridized carbons (Fsp3) is 0.538. The Hall–Kier alpha value is -1.42. The van der Waals surface area contributed by atoms with Crippen LogP contribution in [0.1, 0.15) is 18.4 Å². The molecule has 2 rings (SSSR count). The van der Waals surface area contributed by atoms with Crippen LogP contribution >= 0.6 is 0 Å². The molecule has 0 bridgehead atoms. The molecule has 0 aromatic carbocycles. The van der Waals surface area contributed by atoms with Gasteiger partial charge < -0.3 is 10.1 Å². The summed E-state index contributed by atoms with van der Waals surface area (Å²) >= 11 is 0. The van der Waals surface area contributed by atoms with Crippen LogP contribution in [-0.4, -0.2) is 30.6 Å². The quantitative estimate of drug-likeness (QED) is 0.850. The van der Waals surface area contributed by atoms with E-state index < -0.39 is 0 Å². The van der Waals surface area contributed by atoms with Gasteiger partial charge in [-0.3, -0.25) is 9.78 Å². The third-order valence-corrected chi connectivity index (χ3v) is 2.93. The molecule has 1 N–H and O–H groups in total. The molecule has 2 heterocycles. The summed E-state index contributed by atoms with van der Waals surface area (Å²) in [6, 6.07) is 3.76. The first-order valence-corrected chi connectivity index (χ1v) is 6.08. The SMILES string of the molecule is O=C(Cc1cccnc1)NC[C@H]1CCCOC1. The van der Waals surface area contributed by atoms with Crippen molar-refractivity contribution in [3.05, 3.63) is 30.1 Å². The van der Waals surface area contributed by atoms with Crippen molar-refractivity contribution in [1.29, 1.82) is 0 Å². The molecule has 1 fully saturated rings. The van der Waals surface area contributed by atoms with E-state index in [0.29, 0.717) is 12.3 Å². The molecule has 92 valence electrons. The first-order chi connectivity index (χ1) is 8.34. The van der Waals surface area contributed by atoms with Crippen LogP contribution in [0.15, 0.2) is 24.5 Å². The van der Waals surface area contributed by atoms with Gasteiger partial charge in [0.2, 0.25) is 5.91 Å². The monoisotopic (exact) mass is 234 g/mol. The molecule has 17 heavy (non-hydrogen) atoms. The molecule has 1 atom stereocenters. The first-order valence-electron chi connectivity index (χ1n) is 6.08. The van der Waals surface area contributed by atoms with Gasteiger partial charge in [0.25, 0.3) is 0 Å². The average molecular weight is 234 g/mol. The van der Waals surface area contributed by atoms with Gasteiger partial charge in [-0.25, -0.2) is 0 Å². The minimum atomic E-state index is 0.0589. The summed E-state index contributed by atoms with van der Waals surface area (Å²) in [4.78, 5) is 15.7. The number of carbonyl (C=O) groups is 1. The van der Waals surface area contributed by atoms with Gasteiger partial charge in [-0.1, -0.05) is 6.07 Å². The highest BCUT2D eigenvalue weighted by Crippen LogP contribution is 2.12. The molecular formula is C13H18N2O2. The molecule has 1 aromatic rings. The number of hydrogen-bond donors (Lipinski definition) is 1. The third kappa shape index (κ3) is 4.15. The van der Waals surface area contributed by atoms with E-state index in [9.17, 15) is 4.79 Å². The highest BCUT2D eigenvalue weighted by atomic mass is 16.5. The third-order valence-electron chi connectivity index (χ3n) is 2.93. The van der Waals surface area contributed by atoms with Gasteiger partial charge in [0.1, 0.15) is 0 Å². The second-order valence-electron chi connectivity index (χ2n) is 4.43. The van der Waals surface area contributed by atoms with Gasteiger partial charge in [-0.15, -0.1) is 0 Å². The minimum Gasteiger partial charge on any atom is -0.381 e. The molecule has 1 aliphatic heterocycles. The number of ether oxygens (including phenoxy) is 1. The number of rotatable bonds is 4. The van der Waals surface area contributed by atoms with E-state index in [1.54, 1.807) is 12.4 Å². The van der Waals surface area contributed by atoms with Crippen molar-refractivity contribution in [3.8, 4) is 0 Å². The number of amides is 1. The number of nitrogens with one attached hydrogen (secondary N) is 1.